The SMILES string of the molecule is CC(C)(C)c1ccc(-n2c(-c3[c-]ccc4c3oc3ccccc34)nc3ccccc32)c(-c2ccccc2)c1.CC(C)(C)c1nc(N(c2[c-]cccc2)c2cn(-c3ccccc3)cn2)nc(C(C)(C)C)n1.[Ir]. The number of imidazole rings is 2. The van der Waals surface area contributed by atoms with Crippen LogP contribution in [-0.4, -0.2) is 34.1 Å². The average Bonchev–Trinajstić information content (AvgIpc) is 4.11. The quantitative estimate of drug-likeness (QED) is 0.147. The predicted molar refractivity (Wildman–Crippen MR) is 285 cm³/mol. The first-order valence-electron chi connectivity index (χ1n) is 23.8. The molecule has 7 aromatic carbocycles. The second-order valence-electron chi connectivity index (χ2n) is 20.6. The van der Waals surface area contributed by atoms with Gasteiger partial charge in [-0.15, -0.1) is 24.3 Å². The van der Waals surface area contributed by atoms with Crippen LogP contribution in [0.4, 0.5) is 17.5 Å². The van der Waals surface area contributed by atoms with Crippen molar-refractivity contribution in [3.63, 3.8) is 0 Å². The summed E-state index contributed by atoms with van der Waals surface area (Å²) in [4.78, 5) is 26.4. The maximum atomic E-state index is 6.42. The van der Waals surface area contributed by atoms with Crippen molar-refractivity contribution in [3.8, 4) is 33.9 Å². The number of hydrogen-bond donors (Lipinski definition) is 0. The zero-order valence-corrected chi connectivity index (χ0v) is 44.0. The van der Waals surface area contributed by atoms with E-state index in [0.717, 1.165) is 73.1 Å². The summed E-state index contributed by atoms with van der Waals surface area (Å²) in [5.41, 5.74) is 10.6. The van der Waals surface area contributed by atoms with Crippen molar-refractivity contribution in [2.45, 2.75) is 78.6 Å². The minimum Gasteiger partial charge on any atom is -0.501 e. The molecule has 0 N–H and O–H groups in total. The van der Waals surface area contributed by atoms with Gasteiger partial charge >= 0.3 is 0 Å². The maximum absolute atomic E-state index is 6.42. The van der Waals surface area contributed by atoms with E-state index in [1.165, 1.54) is 16.7 Å². The minimum atomic E-state index is -0.229. The fraction of sp³-hybridized carbons (Fsp3) is 0.197. The van der Waals surface area contributed by atoms with Crippen LogP contribution in [0, 0.1) is 12.1 Å². The number of fused-ring (bicyclic) bond motifs is 4. The average molecular weight is 1110 g/mol. The molecule has 9 nitrogen and oxygen atoms in total. The minimum absolute atomic E-state index is 0. The van der Waals surface area contributed by atoms with Crippen LogP contribution in [-0.2, 0) is 36.4 Å². The second-order valence-corrected chi connectivity index (χ2v) is 20.6. The molecule has 1 radical (unpaired) electrons. The molecule has 0 aliphatic heterocycles. The van der Waals surface area contributed by atoms with E-state index in [9.17, 15) is 0 Å². The van der Waals surface area contributed by atoms with E-state index in [1.54, 1.807) is 6.33 Å². The third kappa shape index (κ3) is 9.83. The van der Waals surface area contributed by atoms with Crippen LogP contribution >= 0.6 is 0 Å². The van der Waals surface area contributed by atoms with E-state index in [2.05, 4.69) is 158 Å². The zero-order valence-electron chi connectivity index (χ0n) is 41.6. The molecule has 11 rings (SSSR count). The summed E-state index contributed by atoms with van der Waals surface area (Å²) in [6.45, 7) is 19.4. The molecule has 0 fully saturated rings. The Labute approximate surface area is 429 Å². The molecule has 0 spiro atoms. The van der Waals surface area contributed by atoms with Gasteiger partial charge in [0.1, 0.15) is 23.6 Å². The van der Waals surface area contributed by atoms with E-state index in [4.69, 9.17) is 29.3 Å². The topological polar surface area (TPSA) is 90.7 Å². The Hall–Kier alpha value is -7.52. The summed E-state index contributed by atoms with van der Waals surface area (Å²) < 4.78 is 10.7. The number of furan rings is 1. The molecule has 10 heteroatoms. The fourth-order valence-corrected chi connectivity index (χ4v) is 8.50. The molecule has 0 bridgehead atoms. The van der Waals surface area contributed by atoms with Crippen molar-refractivity contribution in [2.24, 2.45) is 0 Å². The first-order valence-corrected chi connectivity index (χ1v) is 23.8. The normalized spacial score (nSPS) is 11.9. The van der Waals surface area contributed by atoms with E-state index in [-0.39, 0.29) is 36.4 Å². The number of nitrogens with zero attached hydrogens (tertiary/aromatic N) is 8. The van der Waals surface area contributed by atoms with Crippen LogP contribution in [0.2, 0.25) is 0 Å². The Balaban J connectivity index is 0.000000176. The van der Waals surface area contributed by atoms with Crippen molar-refractivity contribution in [3.05, 3.63) is 206 Å². The number of anilines is 3. The first-order chi connectivity index (χ1) is 33.6. The van der Waals surface area contributed by atoms with Crippen LogP contribution in [0.25, 0.3) is 66.9 Å². The monoisotopic (exact) mass is 1110 g/mol. The van der Waals surface area contributed by atoms with Crippen LogP contribution in [0.5, 0.6) is 0 Å². The first kappa shape index (κ1) is 48.5. The molecule has 0 saturated carbocycles. The number of aromatic nitrogens is 7. The van der Waals surface area contributed by atoms with E-state index < -0.39 is 0 Å². The van der Waals surface area contributed by atoms with Gasteiger partial charge in [-0.3, -0.25) is 9.88 Å². The van der Waals surface area contributed by atoms with Gasteiger partial charge in [0.2, 0.25) is 5.95 Å². The summed E-state index contributed by atoms with van der Waals surface area (Å²) >= 11 is 0. The van der Waals surface area contributed by atoms with Gasteiger partial charge in [-0.05, 0) is 59.0 Å². The molecule has 71 heavy (non-hydrogen) atoms. The molecule has 357 valence electrons. The molecule has 0 atom stereocenters. The third-order valence-corrected chi connectivity index (χ3v) is 12.3. The molecule has 4 heterocycles. The summed E-state index contributed by atoms with van der Waals surface area (Å²) in [5.74, 6) is 3.56. The summed E-state index contributed by atoms with van der Waals surface area (Å²) in [6.07, 6.45) is 3.78. The van der Waals surface area contributed by atoms with Crippen LogP contribution < -0.4 is 4.90 Å². The molecule has 11 aromatic rings. The van der Waals surface area contributed by atoms with Crippen molar-refractivity contribution in [1.82, 2.24) is 34.1 Å². The molecule has 4 aromatic heterocycles. The molecule has 0 aliphatic rings. The predicted octanol–water partition coefficient (Wildman–Crippen LogP) is 15.3. The van der Waals surface area contributed by atoms with Gasteiger partial charge in [-0.2, -0.15) is 34.2 Å². The number of para-hydroxylation sites is 5. The Morgan fingerprint density at radius 1 is 0.577 bits per heavy atom. The Morgan fingerprint density at radius 2 is 1.24 bits per heavy atom. The second kappa shape index (κ2) is 19.3. The van der Waals surface area contributed by atoms with Crippen molar-refractivity contribution >= 4 is 50.4 Å². The van der Waals surface area contributed by atoms with Gasteiger partial charge in [0.25, 0.3) is 0 Å². The van der Waals surface area contributed by atoms with Gasteiger partial charge in [0.15, 0.2) is 5.82 Å². The Kier molecular flexibility index (Phi) is 13.2. The smallest absolute Gasteiger partial charge is 0.237 e. The molecular formula is C61H56IrN8O-2. The van der Waals surface area contributed by atoms with E-state index >= 15 is 0 Å². The zero-order chi connectivity index (χ0) is 48.8. The van der Waals surface area contributed by atoms with Gasteiger partial charge in [-0.1, -0.05) is 164 Å². The maximum Gasteiger partial charge on any atom is 0.237 e. The number of rotatable bonds is 7. The van der Waals surface area contributed by atoms with Crippen LogP contribution in [0.1, 0.15) is 79.5 Å². The molecule has 0 aliphatic carbocycles. The molecule has 0 amide bonds. The standard InChI is InChI=1S/C35H27N2O.C26H29N6.Ir/c1-35(2,3)24-20-21-30(28(22-24)23-12-5-4-6-13-23)37-31-18-9-8-17-29(31)36-34(37)27-16-11-15-26-25-14-7-10-19-32(25)38-33(26)27;1-25(2,3)22-28-23(26(4,5)6)30-24(29-22)32(20-15-11-8-12-16-20)21-17-31(18-27-21)19-13-9-7-10-14-19;/h4-15,17-22H,1-3H3;7-15,17-18H,1-6H3;/q2*-1;. The largest absolute Gasteiger partial charge is 0.501 e. The van der Waals surface area contributed by atoms with Gasteiger partial charge < -0.3 is 13.6 Å². The summed E-state index contributed by atoms with van der Waals surface area (Å²) in [7, 11) is 0. The molecular weight excluding hydrogens is 1050 g/mol. The summed E-state index contributed by atoms with van der Waals surface area (Å²) in [6, 6.07) is 62.6. The van der Waals surface area contributed by atoms with Gasteiger partial charge in [0, 0.05) is 53.3 Å². The van der Waals surface area contributed by atoms with Gasteiger partial charge in [0.05, 0.1) is 28.6 Å². The number of hydrogen-bond acceptors (Lipinski definition) is 7. The van der Waals surface area contributed by atoms with Gasteiger partial charge in [-0.25, -0.2) is 9.97 Å². The Morgan fingerprint density at radius 3 is 1.93 bits per heavy atom. The third-order valence-electron chi connectivity index (χ3n) is 12.3. The van der Waals surface area contributed by atoms with Crippen LogP contribution in [0.3, 0.4) is 0 Å². The van der Waals surface area contributed by atoms with Crippen molar-refractivity contribution < 1.29 is 24.5 Å². The van der Waals surface area contributed by atoms with Crippen molar-refractivity contribution in [2.75, 3.05) is 4.90 Å². The Bertz CT molecular complexity index is 3580. The van der Waals surface area contributed by atoms with E-state index in [0.29, 0.717) is 11.8 Å². The summed E-state index contributed by atoms with van der Waals surface area (Å²) in [5, 5.41) is 2.17. The van der Waals surface area contributed by atoms with E-state index in [1.807, 2.05) is 101 Å². The number of benzene rings is 7. The molecule has 0 unspecified atom stereocenters. The fourth-order valence-electron chi connectivity index (χ4n) is 8.50. The van der Waals surface area contributed by atoms with Crippen LogP contribution in [0.15, 0.2) is 181 Å². The molecule has 0 saturated heterocycles. The van der Waals surface area contributed by atoms with Crippen molar-refractivity contribution in [1.29, 1.82) is 0 Å².